The third-order valence-corrected chi connectivity index (χ3v) is 3.09. The van der Waals surface area contributed by atoms with Crippen LogP contribution in [0.5, 0.6) is 5.88 Å². The van der Waals surface area contributed by atoms with E-state index < -0.39 is 0 Å². The standard InChI is InChI=1S/C12H16N4O/c1-16-5-3-2-4-11(16)9-17-12-8-14-10(6-13)7-15-12/h7-8,11H,2-5,9H2,1H3. The van der Waals surface area contributed by atoms with Crippen LogP contribution < -0.4 is 4.74 Å². The van der Waals surface area contributed by atoms with E-state index in [0.717, 1.165) is 6.54 Å². The van der Waals surface area contributed by atoms with Crippen molar-refractivity contribution >= 4 is 0 Å². The largest absolute Gasteiger partial charge is 0.475 e. The van der Waals surface area contributed by atoms with Gasteiger partial charge in [-0.25, -0.2) is 9.97 Å². The fourth-order valence-electron chi connectivity index (χ4n) is 1.98. The zero-order chi connectivity index (χ0) is 12.1. The summed E-state index contributed by atoms with van der Waals surface area (Å²) in [5, 5.41) is 8.60. The second kappa shape index (κ2) is 5.60. The fourth-order valence-corrected chi connectivity index (χ4v) is 1.98. The molecule has 0 saturated carbocycles. The maximum absolute atomic E-state index is 8.60. The van der Waals surface area contributed by atoms with Crippen LogP contribution in [0.3, 0.4) is 0 Å². The Morgan fingerprint density at radius 2 is 2.35 bits per heavy atom. The van der Waals surface area contributed by atoms with Crippen molar-refractivity contribution in [1.82, 2.24) is 14.9 Å². The van der Waals surface area contributed by atoms with Gasteiger partial charge in [-0.15, -0.1) is 0 Å². The molecule has 5 heteroatoms. The highest BCUT2D eigenvalue weighted by Gasteiger charge is 2.19. The maximum atomic E-state index is 8.60. The summed E-state index contributed by atoms with van der Waals surface area (Å²) in [6.07, 6.45) is 6.63. The molecule has 0 spiro atoms. The van der Waals surface area contributed by atoms with Gasteiger partial charge in [-0.1, -0.05) is 6.42 Å². The molecule has 0 bridgehead atoms. The van der Waals surface area contributed by atoms with Gasteiger partial charge in [0.1, 0.15) is 12.7 Å². The second-order valence-electron chi connectivity index (χ2n) is 4.29. The normalized spacial score (nSPS) is 20.8. The predicted octanol–water partition coefficient (Wildman–Crippen LogP) is 1.21. The summed E-state index contributed by atoms with van der Waals surface area (Å²) in [4.78, 5) is 10.3. The second-order valence-corrected chi connectivity index (χ2v) is 4.29. The minimum Gasteiger partial charge on any atom is -0.475 e. The zero-order valence-electron chi connectivity index (χ0n) is 9.96. The number of hydrogen-bond acceptors (Lipinski definition) is 5. The van der Waals surface area contributed by atoms with E-state index in [4.69, 9.17) is 10.00 Å². The van der Waals surface area contributed by atoms with Gasteiger partial charge < -0.3 is 9.64 Å². The Bertz CT molecular complexity index is 398. The van der Waals surface area contributed by atoms with E-state index in [2.05, 4.69) is 21.9 Å². The number of aromatic nitrogens is 2. The lowest BCUT2D eigenvalue weighted by Gasteiger charge is -2.31. The van der Waals surface area contributed by atoms with E-state index in [1.807, 2.05) is 6.07 Å². The quantitative estimate of drug-likeness (QED) is 0.784. The molecule has 0 aliphatic carbocycles. The lowest BCUT2D eigenvalue weighted by Crippen LogP contribution is -2.40. The summed E-state index contributed by atoms with van der Waals surface area (Å²) in [5.41, 5.74) is 0.312. The Balaban J connectivity index is 1.86. The third kappa shape index (κ3) is 3.14. The SMILES string of the molecule is CN1CCCCC1COc1cnc(C#N)cn1. The molecule has 2 rings (SSSR count). The lowest BCUT2D eigenvalue weighted by molar-refractivity contribution is 0.122. The van der Waals surface area contributed by atoms with Gasteiger partial charge in [0.25, 0.3) is 0 Å². The van der Waals surface area contributed by atoms with Crippen molar-refractivity contribution in [2.24, 2.45) is 0 Å². The Morgan fingerprint density at radius 1 is 1.47 bits per heavy atom. The smallest absolute Gasteiger partial charge is 0.232 e. The van der Waals surface area contributed by atoms with Gasteiger partial charge in [0, 0.05) is 6.04 Å². The predicted molar refractivity (Wildman–Crippen MR) is 62.5 cm³/mol. The number of nitriles is 1. The number of rotatable bonds is 3. The summed E-state index contributed by atoms with van der Waals surface area (Å²) in [6, 6.07) is 2.39. The summed E-state index contributed by atoms with van der Waals surface area (Å²) >= 11 is 0. The van der Waals surface area contributed by atoms with Crippen LogP contribution in [0.4, 0.5) is 0 Å². The highest BCUT2D eigenvalue weighted by atomic mass is 16.5. The van der Waals surface area contributed by atoms with E-state index in [1.54, 1.807) is 0 Å². The van der Waals surface area contributed by atoms with E-state index >= 15 is 0 Å². The van der Waals surface area contributed by atoms with Crippen LogP contribution in [0.25, 0.3) is 0 Å². The number of nitrogens with zero attached hydrogens (tertiary/aromatic N) is 4. The zero-order valence-corrected chi connectivity index (χ0v) is 9.96. The first kappa shape index (κ1) is 11.8. The Labute approximate surface area is 101 Å². The highest BCUT2D eigenvalue weighted by Crippen LogP contribution is 2.16. The van der Waals surface area contributed by atoms with Gasteiger partial charge >= 0.3 is 0 Å². The van der Waals surface area contributed by atoms with Crippen molar-refractivity contribution in [2.75, 3.05) is 20.2 Å². The van der Waals surface area contributed by atoms with Crippen LogP contribution in [0.2, 0.25) is 0 Å². The molecular formula is C12H16N4O. The first-order valence-corrected chi connectivity index (χ1v) is 5.85. The van der Waals surface area contributed by atoms with Gasteiger partial charge in [0.15, 0.2) is 5.69 Å². The topological polar surface area (TPSA) is 62.0 Å². The average Bonchev–Trinajstić information content (AvgIpc) is 2.38. The van der Waals surface area contributed by atoms with Gasteiger partial charge in [0.05, 0.1) is 12.4 Å². The van der Waals surface area contributed by atoms with Gasteiger partial charge in [-0.05, 0) is 26.4 Å². The monoisotopic (exact) mass is 232 g/mol. The summed E-state index contributed by atoms with van der Waals surface area (Å²) in [6.45, 7) is 1.77. The molecule has 0 radical (unpaired) electrons. The molecule has 5 nitrogen and oxygen atoms in total. The molecule has 2 heterocycles. The van der Waals surface area contributed by atoms with Crippen LogP contribution in [0.15, 0.2) is 12.4 Å². The first-order chi connectivity index (χ1) is 8.29. The molecule has 1 saturated heterocycles. The molecule has 90 valence electrons. The Morgan fingerprint density at radius 3 is 3.00 bits per heavy atom. The number of hydrogen-bond donors (Lipinski definition) is 0. The van der Waals surface area contributed by atoms with Gasteiger partial charge in [0.2, 0.25) is 5.88 Å². The van der Waals surface area contributed by atoms with Gasteiger partial charge in [-0.3, -0.25) is 0 Å². The fraction of sp³-hybridized carbons (Fsp3) is 0.583. The van der Waals surface area contributed by atoms with Crippen LogP contribution in [0.1, 0.15) is 25.0 Å². The molecule has 1 fully saturated rings. The summed E-state index contributed by atoms with van der Waals surface area (Å²) in [7, 11) is 2.12. The minimum atomic E-state index is 0.312. The first-order valence-electron chi connectivity index (χ1n) is 5.85. The maximum Gasteiger partial charge on any atom is 0.232 e. The number of likely N-dealkylation sites (N-methyl/N-ethyl adjacent to an activating group) is 1. The molecule has 0 aromatic carbocycles. The lowest BCUT2D eigenvalue weighted by atomic mass is 10.0. The summed E-state index contributed by atoms with van der Waals surface area (Å²) in [5.74, 6) is 0.489. The van der Waals surface area contributed by atoms with E-state index in [9.17, 15) is 0 Å². The van der Waals surface area contributed by atoms with E-state index in [0.29, 0.717) is 24.2 Å². The van der Waals surface area contributed by atoms with Crippen molar-refractivity contribution in [3.63, 3.8) is 0 Å². The van der Waals surface area contributed by atoms with Crippen LogP contribution >= 0.6 is 0 Å². The van der Waals surface area contributed by atoms with Crippen molar-refractivity contribution in [3.8, 4) is 11.9 Å². The van der Waals surface area contributed by atoms with Gasteiger partial charge in [-0.2, -0.15) is 5.26 Å². The molecule has 1 unspecified atom stereocenters. The van der Waals surface area contributed by atoms with Crippen LogP contribution in [-0.2, 0) is 0 Å². The van der Waals surface area contributed by atoms with Crippen molar-refractivity contribution < 1.29 is 4.74 Å². The molecule has 1 aliphatic rings. The Hall–Kier alpha value is -1.67. The highest BCUT2D eigenvalue weighted by molar-refractivity contribution is 5.18. The van der Waals surface area contributed by atoms with Crippen molar-refractivity contribution in [3.05, 3.63) is 18.1 Å². The van der Waals surface area contributed by atoms with E-state index in [-0.39, 0.29) is 0 Å². The van der Waals surface area contributed by atoms with Crippen LogP contribution in [-0.4, -0.2) is 41.1 Å². The van der Waals surface area contributed by atoms with Crippen LogP contribution in [0, 0.1) is 11.3 Å². The molecule has 1 aromatic rings. The number of likely N-dealkylation sites (tertiary alicyclic amines) is 1. The number of ether oxygens (including phenoxy) is 1. The Kier molecular flexibility index (Phi) is 3.89. The minimum absolute atomic E-state index is 0.312. The molecule has 1 aliphatic heterocycles. The van der Waals surface area contributed by atoms with Crippen molar-refractivity contribution in [2.45, 2.75) is 25.3 Å². The average molecular weight is 232 g/mol. The van der Waals surface area contributed by atoms with Crippen molar-refractivity contribution in [1.29, 1.82) is 5.26 Å². The molecule has 0 N–H and O–H groups in total. The molecule has 0 amide bonds. The molecular weight excluding hydrogens is 216 g/mol. The third-order valence-electron chi connectivity index (χ3n) is 3.09. The molecule has 17 heavy (non-hydrogen) atoms. The van der Waals surface area contributed by atoms with E-state index in [1.165, 1.54) is 31.7 Å². The number of piperidine rings is 1. The molecule has 1 aromatic heterocycles. The molecule has 1 atom stereocenters. The summed E-state index contributed by atoms with van der Waals surface area (Å²) < 4.78 is 5.59.